The van der Waals surface area contributed by atoms with E-state index in [0.717, 1.165) is 87.6 Å². The van der Waals surface area contributed by atoms with Crippen molar-refractivity contribution in [2.75, 3.05) is 0 Å². The van der Waals surface area contributed by atoms with E-state index in [4.69, 9.17) is 66.9 Å². The highest BCUT2D eigenvalue weighted by Crippen LogP contribution is 2.44. The molecule has 12 aromatic rings. The minimum atomic E-state index is -3.33. The van der Waals surface area contributed by atoms with Gasteiger partial charge in [-0.25, -0.2) is 59.9 Å². The van der Waals surface area contributed by atoms with Crippen molar-refractivity contribution in [3.05, 3.63) is 261 Å². The summed E-state index contributed by atoms with van der Waals surface area (Å²) in [5.74, 6) is 7.08. The van der Waals surface area contributed by atoms with Crippen molar-refractivity contribution in [2.24, 2.45) is 59.9 Å². The Bertz CT molecular complexity index is 5440. The van der Waals surface area contributed by atoms with Gasteiger partial charge in [0.1, 0.15) is 45.2 Å². The molecule has 92 heavy (non-hydrogen) atoms. The summed E-state index contributed by atoms with van der Waals surface area (Å²) in [5.41, 5.74) is 17.6. The van der Waals surface area contributed by atoms with E-state index < -0.39 is 46.5 Å². The highest BCUT2D eigenvalue weighted by atomic mass is 28.4. The van der Waals surface area contributed by atoms with E-state index in [0.29, 0.717) is 91.9 Å². The van der Waals surface area contributed by atoms with Crippen LogP contribution in [0.2, 0.25) is 26.2 Å². The monoisotopic (exact) mass is 1250 g/mol. The molecule has 0 atom stereocenters. The second-order valence-corrected chi connectivity index (χ2v) is 36.3. The number of aromatic nitrogens is 4. The van der Waals surface area contributed by atoms with Crippen LogP contribution >= 0.6 is 0 Å². The molecule has 0 saturated heterocycles. The number of fused-ring (bicyclic) bond motifs is 28. The lowest BCUT2D eigenvalue weighted by atomic mass is 10.1. The van der Waals surface area contributed by atoms with Gasteiger partial charge in [0.15, 0.2) is 46.7 Å². The predicted octanol–water partition coefficient (Wildman–Crippen LogP) is 10.4. The zero-order valence-corrected chi connectivity index (χ0v) is 53.9. The molecule has 18 nitrogen and oxygen atoms in total. The SMILES string of the molecule is C[Si](C)(C#C[Si](C)(C)[O][Al]1[n]2c3c4ccccc4c2N=C2N=C(N=c4c5ccccc5c([n]41)=NC1=NC(=N3)c3ccccc31)c1ccccc12)[O][Al]1[n]2c3c4ccccc4c2N=C2N=C(N=c4c5ccccc5c([n]41)=NC1=NC(=N3)c3ccccc31)c1ccccc12. The van der Waals surface area contributed by atoms with Gasteiger partial charge in [-0.15, -0.1) is 11.1 Å². The van der Waals surface area contributed by atoms with Crippen molar-refractivity contribution in [2.45, 2.75) is 26.2 Å². The van der Waals surface area contributed by atoms with Crippen LogP contribution in [0.1, 0.15) is 44.5 Å². The maximum Gasteiger partial charge on any atom is 0.799 e. The van der Waals surface area contributed by atoms with Crippen LogP contribution in [-0.2, 0) is 6.96 Å². The summed E-state index contributed by atoms with van der Waals surface area (Å²) in [5, 5.41) is 7.13. The molecule has 8 aliphatic rings. The smallest absolute Gasteiger partial charge is 0.500 e. The third-order valence-electron chi connectivity index (χ3n) is 18.0. The number of amidine groups is 8. The lowest BCUT2D eigenvalue weighted by Crippen LogP contribution is -2.54. The van der Waals surface area contributed by atoms with Crippen molar-refractivity contribution >= 4 is 160 Å². The average Bonchev–Trinajstić information content (AvgIpc) is 1.56. The molecule has 0 aliphatic carbocycles. The highest BCUT2D eigenvalue weighted by molar-refractivity contribution is 6.89. The number of nitrogens with zero attached hydrogens (tertiary/aromatic N) is 16. The van der Waals surface area contributed by atoms with Crippen molar-refractivity contribution in [1.82, 2.24) is 14.2 Å². The number of rotatable bonds is 4. The molecule has 0 amide bonds. The lowest BCUT2D eigenvalue weighted by molar-refractivity contribution is 0.538. The number of benzene rings is 8. The standard InChI is InChI=1S/2C32H16N8.C6H12O2Si2.2Al/c2*1-2-10-18-17(9-1)25-33-26(18)38-28-21-13-5-6-14-22(21)30(35-28)40-32-24-16-8-7-15-23(24)31(36-32)39-29-20-12-4-3-11-19(20)27(34-29)37-25;1-9(2,7)5-6-10(3,4)8;;/h2*1-16H;1-4H3;;/q3*-2;2*+3. The van der Waals surface area contributed by atoms with Crippen LogP contribution in [0, 0.1) is 11.1 Å². The quantitative estimate of drug-likeness (QED) is 0.125. The van der Waals surface area contributed by atoms with Gasteiger partial charge in [-0.05, 0) is 26.2 Å². The maximum atomic E-state index is 8.14. The Kier molecular flexibility index (Phi) is 10.8. The molecule has 0 unspecified atom stereocenters. The van der Waals surface area contributed by atoms with Gasteiger partial charge in [0.2, 0.25) is 16.6 Å². The third-order valence-corrected chi connectivity index (χ3v) is 29.8. The highest BCUT2D eigenvalue weighted by Gasteiger charge is 2.48. The van der Waals surface area contributed by atoms with Crippen LogP contribution in [0.4, 0.5) is 23.3 Å². The average molecular weight is 1250 g/mol. The van der Waals surface area contributed by atoms with E-state index in [1.165, 1.54) is 0 Å². The summed E-state index contributed by atoms with van der Waals surface area (Å²) in [6.07, 6.45) is 0. The normalized spacial score (nSPS) is 15.8. The van der Waals surface area contributed by atoms with Crippen LogP contribution in [0.15, 0.2) is 254 Å². The molecule has 8 aromatic carbocycles. The summed E-state index contributed by atoms with van der Waals surface area (Å²) < 4.78 is 25.2. The minimum absolute atomic E-state index is 0.554. The molecule has 4 aromatic heterocycles. The summed E-state index contributed by atoms with van der Waals surface area (Å²) in [7, 11) is -6.58. The molecular formula is C70H44Al2N16O2Si2. The van der Waals surface area contributed by atoms with Crippen molar-refractivity contribution < 1.29 is 6.96 Å². The van der Waals surface area contributed by atoms with E-state index in [1.807, 2.05) is 97.1 Å². The second-order valence-electron chi connectivity index (χ2n) is 24.5. The molecule has 0 N–H and O–H groups in total. The van der Waals surface area contributed by atoms with E-state index in [-0.39, 0.29) is 0 Å². The molecular weight excluding hydrogens is 1210 g/mol. The molecule has 12 bridgehead atoms. The van der Waals surface area contributed by atoms with Gasteiger partial charge in [0.25, 0.3) is 0 Å². The molecule has 430 valence electrons. The second kappa shape index (κ2) is 19.0. The largest absolute Gasteiger partial charge is 0.799 e. The van der Waals surface area contributed by atoms with Crippen molar-refractivity contribution in [3.63, 3.8) is 0 Å². The molecule has 22 heteroatoms. The van der Waals surface area contributed by atoms with E-state index in [2.05, 4.69) is 149 Å². The van der Waals surface area contributed by atoms with Gasteiger partial charge < -0.3 is 21.2 Å². The number of aliphatic imine (C=N–C) groups is 8. The first-order chi connectivity index (χ1) is 45.1. The Morgan fingerprint density at radius 2 is 0.446 bits per heavy atom. The summed E-state index contributed by atoms with van der Waals surface area (Å²) >= 11 is -6.66. The van der Waals surface area contributed by atoms with Gasteiger partial charge in [-0.2, -0.15) is 0 Å². The van der Waals surface area contributed by atoms with Gasteiger partial charge in [-0.3, -0.25) is 0 Å². The predicted molar refractivity (Wildman–Crippen MR) is 367 cm³/mol. The maximum absolute atomic E-state index is 8.14. The zero-order chi connectivity index (χ0) is 60.9. The van der Waals surface area contributed by atoms with E-state index in [1.54, 1.807) is 0 Å². The third kappa shape index (κ3) is 7.55. The molecule has 0 spiro atoms. The van der Waals surface area contributed by atoms with Crippen LogP contribution in [0.5, 0.6) is 0 Å². The molecule has 20 rings (SSSR count). The molecule has 0 radical (unpaired) electrons. The fourth-order valence-electron chi connectivity index (χ4n) is 13.9. The molecule has 0 saturated carbocycles. The Morgan fingerprint density at radius 3 is 0.674 bits per heavy atom. The Morgan fingerprint density at radius 1 is 0.250 bits per heavy atom. The zero-order valence-electron chi connectivity index (χ0n) is 49.6. The molecule has 12 heterocycles. The van der Waals surface area contributed by atoms with Crippen LogP contribution in [0.25, 0.3) is 43.1 Å². The summed E-state index contributed by atoms with van der Waals surface area (Å²) in [6.45, 7) is 8.70. The number of hydrogen-bond donors (Lipinski definition) is 0. The van der Waals surface area contributed by atoms with Crippen LogP contribution in [0.3, 0.4) is 0 Å². The van der Waals surface area contributed by atoms with E-state index >= 15 is 0 Å². The summed E-state index contributed by atoms with van der Waals surface area (Å²) in [4.78, 5) is 65.9. The first-order valence-electron chi connectivity index (χ1n) is 30.4. The lowest BCUT2D eigenvalue weighted by Gasteiger charge is -2.28. The number of hydrogen-bond acceptors (Lipinski definition) is 14. The fraction of sp³-hybridized carbons (Fsp3) is 0.0571. The molecule has 0 fully saturated rings. The Balaban J connectivity index is 0.824. The fourth-order valence-corrected chi connectivity index (χ4v) is 26.4. The van der Waals surface area contributed by atoms with Gasteiger partial charge in [-0.1, -0.05) is 194 Å². The minimum Gasteiger partial charge on any atom is -0.500 e. The first kappa shape index (κ1) is 52.3. The topological polar surface area (TPSA) is 187 Å². The summed E-state index contributed by atoms with van der Waals surface area (Å²) in [6, 6.07) is 65.9. The van der Waals surface area contributed by atoms with Crippen molar-refractivity contribution in [3.8, 4) is 11.1 Å². The van der Waals surface area contributed by atoms with E-state index in [9.17, 15) is 0 Å². The first-order valence-corrected chi connectivity index (χ1v) is 39.3. The van der Waals surface area contributed by atoms with Gasteiger partial charge >= 0.3 is 29.8 Å². The van der Waals surface area contributed by atoms with Crippen LogP contribution in [-0.4, -0.2) is 107 Å². The van der Waals surface area contributed by atoms with Gasteiger partial charge in [0, 0.05) is 87.6 Å². The Hall–Kier alpha value is -10.5. The molecule has 8 aliphatic heterocycles. The Labute approximate surface area is 534 Å². The van der Waals surface area contributed by atoms with Crippen molar-refractivity contribution in [1.29, 1.82) is 0 Å². The van der Waals surface area contributed by atoms with Gasteiger partial charge in [0.05, 0.1) is 0 Å². The van der Waals surface area contributed by atoms with Crippen LogP contribution < -0.4 is 22.0 Å².